The van der Waals surface area contributed by atoms with Crippen molar-refractivity contribution in [2.24, 2.45) is 0 Å². The largest absolute Gasteiger partial charge is 0.383 e. The second-order valence-corrected chi connectivity index (χ2v) is 5.97. The maximum atomic E-state index is 8.97. The van der Waals surface area contributed by atoms with Gasteiger partial charge in [0.25, 0.3) is 0 Å². The number of nitrogens with one attached hydrogen (secondary N) is 1. The molecule has 0 aliphatic rings. The summed E-state index contributed by atoms with van der Waals surface area (Å²) in [5, 5.41) is 12.4. The lowest BCUT2D eigenvalue weighted by atomic mass is 10.1. The highest BCUT2D eigenvalue weighted by molar-refractivity contribution is 9.10. The zero-order chi connectivity index (χ0) is 15.0. The first-order valence-electron chi connectivity index (χ1n) is 7.28. The molecule has 1 aromatic carbocycles. The highest BCUT2D eigenvalue weighted by Gasteiger charge is 2.06. The number of hydrogen-bond acceptors (Lipinski definition) is 3. The average Bonchev–Trinajstić information content (AvgIpc) is 2.42. The molecule has 0 fully saturated rings. The van der Waals surface area contributed by atoms with Crippen LogP contribution in [0.2, 0.25) is 0 Å². The molecule has 1 rings (SSSR count). The Bertz CT molecular complexity index is 450. The summed E-state index contributed by atoms with van der Waals surface area (Å²) >= 11 is 3.44. The number of benzene rings is 1. The zero-order valence-corrected chi connectivity index (χ0v) is 14.2. The predicted octanol–water partition coefficient (Wildman–Crippen LogP) is 4.24. The lowest BCUT2D eigenvalue weighted by Gasteiger charge is -2.20. The van der Waals surface area contributed by atoms with Gasteiger partial charge in [0.2, 0.25) is 0 Å². The van der Waals surface area contributed by atoms with Gasteiger partial charge in [-0.1, -0.05) is 29.8 Å². The molecule has 20 heavy (non-hydrogen) atoms. The topological polar surface area (TPSA) is 39.1 Å². The van der Waals surface area contributed by atoms with Crippen LogP contribution in [-0.4, -0.2) is 30.6 Å². The van der Waals surface area contributed by atoms with E-state index in [2.05, 4.69) is 53.0 Å². The van der Waals surface area contributed by atoms with E-state index in [1.807, 2.05) is 18.2 Å². The minimum absolute atomic E-state index is 0.409. The third-order valence-electron chi connectivity index (χ3n) is 3.45. The molecule has 1 N–H and O–H groups in total. The molecule has 0 aliphatic carbocycles. The Morgan fingerprint density at radius 1 is 1.30 bits per heavy atom. The maximum absolute atomic E-state index is 8.97. The minimum atomic E-state index is 0.409. The smallest absolute Gasteiger partial charge is 0.0992 e. The molecule has 0 amide bonds. The maximum Gasteiger partial charge on any atom is 0.0992 e. The SMILES string of the molecule is CCN(CC)CCCC(C)Nc1cc(Br)cc(C#N)c1. The summed E-state index contributed by atoms with van der Waals surface area (Å²) in [5.74, 6) is 0. The first-order valence-corrected chi connectivity index (χ1v) is 8.07. The van der Waals surface area contributed by atoms with Crippen LogP contribution in [0.4, 0.5) is 5.69 Å². The summed E-state index contributed by atoms with van der Waals surface area (Å²) in [7, 11) is 0. The number of nitrogens with zero attached hydrogens (tertiary/aromatic N) is 2. The van der Waals surface area contributed by atoms with Gasteiger partial charge >= 0.3 is 0 Å². The van der Waals surface area contributed by atoms with E-state index in [0.29, 0.717) is 11.6 Å². The molecule has 0 saturated carbocycles. The van der Waals surface area contributed by atoms with Crippen LogP contribution in [-0.2, 0) is 0 Å². The van der Waals surface area contributed by atoms with E-state index in [0.717, 1.165) is 36.2 Å². The van der Waals surface area contributed by atoms with Gasteiger partial charge in [0.15, 0.2) is 0 Å². The van der Waals surface area contributed by atoms with Gasteiger partial charge in [-0.15, -0.1) is 0 Å². The van der Waals surface area contributed by atoms with Gasteiger partial charge in [-0.3, -0.25) is 0 Å². The van der Waals surface area contributed by atoms with Crippen molar-refractivity contribution in [1.82, 2.24) is 4.90 Å². The molecular formula is C16H24BrN3. The fraction of sp³-hybridized carbons (Fsp3) is 0.562. The molecule has 3 nitrogen and oxygen atoms in total. The second kappa shape index (κ2) is 8.99. The van der Waals surface area contributed by atoms with Crippen LogP contribution >= 0.6 is 15.9 Å². The van der Waals surface area contributed by atoms with E-state index in [-0.39, 0.29) is 0 Å². The van der Waals surface area contributed by atoms with Crippen molar-refractivity contribution in [1.29, 1.82) is 5.26 Å². The van der Waals surface area contributed by atoms with Crippen LogP contribution in [0, 0.1) is 11.3 Å². The molecule has 4 heteroatoms. The Morgan fingerprint density at radius 3 is 2.60 bits per heavy atom. The molecule has 1 aromatic rings. The lowest BCUT2D eigenvalue weighted by Crippen LogP contribution is -2.25. The third-order valence-corrected chi connectivity index (χ3v) is 3.90. The van der Waals surface area contributed by atoms with Gasteiger partial charge in [0, 0.05) is 16.2 Å². The van der Waals surface area contributed by atoms with Gasteiger partial charge in [0.1, 0.15) is 0 Å². The van der Waals surface area contributed by atoms with Crippen LogP contribution < -0.4 is 5.32 Å². The summed E-state index contributed by atoms with van der Waals surface area (Å²) in [6, 6.07) is 8.33. The Labute approximate surface area is 131 Å². The highest BCUT2D eigenvalue weighted by Crippen LogP contribution is 2.20. The predicted molar refractivity (Wildman–Crippen MR) is 89.0 cm³/mol. The van der Waals surface area contributed by atoms with Crippen LogP contribution in [0.5, 0.6) is 0 Å². The van der Waals surface area contributed by atoms with Crippen molar-refractivity contribution in [2.45, 2.75) is 39.7 Å². The summed E-state index contributed by atoms with van der Waals surface area (Å²) in [4.78, 5) is 2.44. The summed E-state index contributed by atoms with van der Waals surface area (Å²) in [6.07, 6.45) is 2.32. The zero-order valence-electron chi connectivity index (χ0n) is 12.6. The molecule has 0 heterocycles. The molecule has 0 spiro atoms. The van der Waals surface area contributed by atoms with E-state index < -0.39 is 0 Å². The number of halogens is 1. The Morgan fingerprint density at radius 2 is 2.00 bits per heavy atom. The van der Waals surface area contributed by atoms with E-state index in [1.54, 1.807) is 0 Å². The average molecular weight is 338 g/mol. The number of hydrogen-bond donors (Lipinski definition) is 1. The number of rotatable bonds is 8. The standard InChI is InChI=1S/C16H24BrN3/c1-4-20(5-2)8-6-7-13(3)19-16-10-14(12-18)9-15(17)11-16/h9-11,13,19H,4-8H2,1-3H3. The molecule has 0 aromatic heterocycles. The summed E-state index contributed by atoms with van der Waals surface area (Å²) in [5.41, 5.74) is 1.68. The third kappa shape index (κ3) is 5.94. The second-order valence-electron chi connectivity index (χ2n) is 5.05. The number of anilines is 1. The fourth-order valence-corrected chi connectivity index (χ4v) is 2.75. The van der Waals surface area contributed by atoms with Gasteiger partial charge in [-0.2, -0.15) is 5.26 Å². The van der Waals surface area contributed by atoms with Crippen LogP contribution in [0.25, 0.3) is 0 Å². The van der Waals surface area contributed by atoms with Gasteiger partial charge in [0.05, 0.1) is 11.6 Å². The Hall–Kier alpha value is -1.05. The normalized spacial score (nSPS) is 12.2. The van der Waals surface area contributed by atoms with Gasteiger partial charge in [-0.25, -0.2) is 0 Å². The van der Waals surface area contributed by atoms with Crippen molar-refractivity contribution in [3.05, 3.63) is 28.2 Å². The van der Waals surface area contributed by atoms with Crippen LogP contribution in [0.3, 0.4) is 0 Å². The van der Waals surface area contributed by atoms with Crippen molar-refractivity contribution in [3.8, 4) is 6.07 Å². The Balaban J connectivity index is 2.44. The van der Waals surface area contributed by atoms with Crippen molar-refractivity contribution in [3.63, 3.8) is 0 Å². The lowest BCUT2D eigenvalue weighted by molar-refractivity contribution is 0.295. The minimum Gasteiger partial charge on any atom is -0.383 e. The first kappa shape index (κ1) is 17.0. The van der Waals surface area contributed by atoms with Gasteiger partial charge in [-0.05, 0) is 57.6 Å². The van der Waals surface area contributed by atoms with Crippen molar-refractivity contribution in [2.75, 3.05) is 25.0 Å². The highest BCUT2D eigenvalue weighted by atomic mass is 79.9. The van der Waals surface area contributed by atoms with Crippen LogP contribution in [0.15, 0.2) is 22.7 Å². The van der Waals surface area contributed by atoms with Crippen molar-refractivity contribution < 1.29 is 0 Å². The quantitative estimate of drug-likeness (QED) is 0.770. The molecule has 110 valence electrons. The summed E-state index contributed by atoms with van der Waals surface area (Å²) in [6.45, 7) is 9.99. The molecule has 1 atom stereocenters. The van der Waals surface area contributed by atoms with Gasteiger partial charge < -0.3 is 10.2 Å². The summed E-state index contributed by atoms with van der Waals surface area (Å²) < 4.78 is 0.939. The van der Waals surface area contributed by atoms with E-state index in [9.17, 15) is 0 Å². The molecule has 0 bridgehead atoms. The molecule has 0 radical (unpaired) electrons. The Kier molecular flexibility index (Phi) is 7.64. The molecule has 0 saturated heterocycles. The van der Waals surface area contributed by atoms with Crippen molar-refractivity contribution >= 4 is 21.6 Å². The molecular weight excluding hydrogens is 314 g/mol. The fourth-order valence-electron chi connectivity index (χ4n) is 2.26. The van der Waals surface area contributed by atoms with E-state index in [1.165, 1.54) is 6.42 Å². The van der Waals surface area contributed by atoms with E-state index >= 15 is 0 Å². The molecule has 0 aliphatic heterocycles. The molecule has 1 unspecified atom stereocenters. The number of nitriles is 1. The first-order chi connectivity index (χ1) is 9.58. The van der Waals surface area contributed by atoms with Crippen LogP contribution in [0.1, 0.15) is 39.2 Å². The van der Waals surface area contributed by atoms with E-state index in [4.69, 9.17) is 5.26 Å². The monoisotopic (exact) mass is 337 g/mol.